The minimum absolute atomic E-state index is 0.0444. The van der Waals surface area contributed by atoms with Gasteiger partial charge in [0.25, 0.3) is 5.69 Å². The average Bonchev–Trinajstić information content (AvgIpc) is 2.72. The summed E-state index contributed by atoms with van der Waals surface area (Å²) < 4.78 is 32.2. The van der Waals surface area contributed by atoms with Crippen LogP contribution < -0.4 is 4.90 Å². The summed E-state index contributed by atoms with van der Waals surface area (Å²) in [7, 11) is -3.77. The molecule has 2 heterocycles. The lowest BCUT2D eigenvalue weighted by atomic mass is 10.2. The molecule has 0 bridgehead atoms. The van der Waals surface area contributed by atoms with E-state index in [-0.39, 0.29) is 23.7 Å². The van der Waals surface area contributed by atoms with Gasteiger partial charge in [-0.25, -0.2) is 8.42 Å². The van der Waals surface area contributed by atoms with Gasteiger partial charge >= 0.3 is 0 Å². The molecule has 0 aromatic heterocycles. The standard InChI is InChI=1S/C19H28N4O5S/c1-16(2)5-6-20-7-9-21(10-8-20)18-4-3-17(15-19(18)23(24)25)29(26,27)22-11-13-28-14-12-22/h3-5,15H,6-14H2,1-2H3. The van der Waals surface area contributed by atoms with E-state index in [9.17, 15) is 18.5 Å². The fourth-order valence-electron chi connectivity index (χ4n) is 3.50. The van der Waals surface area contributed by atoms with E-state index in [1.807, 2.05) is 4.90 Å². The van der Waals surface area contributed by atoms with Crippen molar-refractivity contribution >= 4 is 21.4 Å². The van der Waals surface area contributed by atoms with E-state index >= 15 is 0 Å². The van der Waals surface area contributed by atoms with Gasteiger partial charge in [-0.15, -0.1) is 0 Å². The molecule has 0 spiro atoms. The van der Waals surface area contributed by atoms with Gasteiger partial charge in [0.15, 0.2) is 0 Å². The zero-order valence-electron chi connectivity index (χ0n) is 16.9. The van der Waals surface area contributed by atoms with E-state index < -0.39 is 14.9 Å². The normalized spacial score (nSPS) is 19.2. The molecule has 1 aromatic rings. The molecule has 2 aliphatic rings. The van der Waals surface area contributed by atoms with E-state index in [2.05, 4.69) is 24.8 Å². The zero-order chi connectivity index (χ0) is 21.0. The van der Waals surface area contributed by atoms with Crippen LogP contribution in [0.3, 0.4) is 0 Å². The average molecular weight is 425 g/mol. The second-order valence-corrected chi connectivity index (χ2v) is 9.43. The monoisotopic (exact) mass is 424 g/mol. The highest BCUT2D eigenvalue weighted by atomic mass is 32.2. The third kappa shape index (κ3) is 5.13. The zero-order valence-corrected chi connectivity index (χ0v) is 17.7. The molecule has 0 N–H and O–H groups in total. The van der Waals surface area contributed by atoms with E-state index in [0.717, 1.165) is 19.6 Å². The Labute approximate surface area is 171 Å². The molecular weight excluding hydrogens is 396 g/mol. The van der Waals surface area contributed by atoms with Crippen LogP contribution in [0.4, 0.5) is 11.4 Å². The third-order valence-corrected chi connectivity index (χ3v) is 7.12. The van der Waals surface area contributed by atoms with E-state index in [4.69, 9.17) is 4.74 Å². The van der Waals surface area contributed by atoms with Crippen molar-refractivity contribution in [2.24, 2.45) is 0 Å². The van der Waals surface area contributed by atoms with Gasteiger partial charge in [0.05, 0.1) is 23.0 Å². The molecule has 0 atom stereocenters. The smallest absolute Gasteiger partial charge is 0.293 e. The number of hydrogen-bond donors (Lipinski definition) is 0. The fourth-order valence-corrected chi connectivity index (χ4v) is 4.92. The first-order chi connectivity index (χ1) is 13.8. The van der Waals surface area contributed by atoms with Crippen molar-refractivity contribution in [2.45, 2.75) is 18.7 Å². The van der Waals surface area contributed by atoms with Crippen molar-refractivity contribution in [3.8, 4) is 0 Å². The van der Waals surface area contributed by atoms with Crippen molar-refractivity contribution < 1.29 is 18.1 Å². The second kappa shape index (κ2) is 9.21. The maximum atomic E-state index is 12.8. The lowest BCUT2D eigenvalue weighted by Crippen LogP contribution is -2.46. The Hall–Kier alpha value is -2.01. The van der Waals surface area contributed by atoms with Crippen LogP contribution in [0.1, 0.15) is 13.8 Å². The number of nitro groups is 1. The summed E-state index contributed by atoms with van der Waals surface area (Å²) in [5.74, 6) is 0. The number of hydrogen-bond acceptors (Lipinski definition) is 7. The van der Waals surface area contributed by atoms with Crippen molar-refractivity contribution in [3.05, 3.63) is 40.0 Å². The van der Waals surface area contributed by atoms with Gasteiger partial charge in [-0.05, 0) is 26.0 Å². The molecule has 0 unspecified atom stereocenters. The first kappa shape index (κ1) is 21.7. The summed E-state index contributed by atoms with van der Waals surface area (Å²) in [5.41, 5.74) is 1.56. The van der Waals surface area contributed by atoms with Crippen LogP contribution in [0.15, 0.2) is 34.7 Å². The number of sulfonamides is 1. The topological polar surface area (TPSA) is 96.2 Å². The number of rotatable bonds is 6. The SMILES string of the molecule is CC(C)=CCN1CCN(c2ccc(S(=O)(=O)N3CCOCC3)cc2[N+](=O)[O-])CC1. The minimum atomic E-state index is -3.77. The van der Waals surface area contributed by atoms with E-state index in [1.165, 1.54) is 22.0 Å². The number of allylic oxidation sites excluding steroid dienone is 1. The van der Waals surface area contributed by atoms with Gasteiger partial charge < -0.3 is 9.64 Å². The molecule has 2 aliphatic heterocycles. The summed E-state index contributed by atoms with van der Waals surface area (Å²) in [4.78, 5) is 15.4. The van der Waals surface area contributed by atoms with Crippen LogP contribution in [0, 0.1) is 10.1 Å². The quantitative estimate of drug-likeness (QED) is 0.390. The van der Waals surface area contributed by atoms with Crippen molar-refractivity contribution in [3.63, 3.8) is 0 Å². The molecule has 160 valence electrons. The van der Waals surface area contributed by atoms with Crippen LogP contribution in [0.25, 0.3) is 0 Å². The minimum Gasteiger partial charge on any atom is -0.379 e. The van der Waals surface area contributed by atoms with E-state index in [1.54, 1.807) is 6.07 Å². The Bertz CT molecular complexity index is 869. The highest BCUT2D eigenvalue weighted by Gasteiger charge is 2.30. The molecule has 2 fully saturated rings. The van der Waals surface area contributed by atoms with Crippen LogP contribution in [0.2, 0.25) is 0 Å². The van der Waals surface area contributed by atoms with Crippen LogP contribution in [0.5, 0.6) is 0 Å². The summed E-state index contributed by atoms with van der Waals surface area (Å²) >= 11 is 0. The first-order valence-corrected chi connectivity index (χ1v) is 11.2. The van der Waals surface area contributed by atoms with Gasteiger partial charge in [0.2, 0.25) is 10.0 Å². The number of nitro benzene ring substituents is 1. The predicted octanol–water partition coefficient (Wildman–Crippen LogP) is 1.70. The lowest BCUT2D eigenvalue weighted by molar-refractivity contribution is -0.384. The first-order valence-electron chi connectivity index (χ1n) is 9.76. The Morgan fingerprint density at radius 1 is 1.14 bits per heavy atom. The van der Waals surface area contributed by atoms with Gasteiger partial charge in [-0.1, -0.05) is 11.6 Å². The summed E-state index contributed by atoms with van der Waals surface area (Å²) in [6.07, 6.45) is 2.17. The second-order valence-electron chi connectivity index (χ2n) is 7.49. The molecule has 9 nitrogen and oxygen atoms in total. The summed E-state index contributed by atoms with van der Waals surface area (Å²) in [5, 5.41) is 11.7. The number of ether oxygens (including phenoxy) is 1. The van der Waals surface area contributed by atoms with Crippen molar-refractivity contribution in [1.82, 2.24) is 9.21 Å². The molecule has 10 heteroatoms. The molecule has 0 radical (unpaired) electrons. The molecule has 2 saturated heterocycles. The van der Waals surface area contributed by atoms with Crippen LogP contribution in [-0.4, -0.2) is 81.6 Å². The van der Waals surface area contributed by atoms with Gasteiger partial charge in [0.1, 0.15) is 5.69 Å². The number of morpholine rings is 1. The highest BCUT2D eigenvalue weighted by Crippen LogP contribution is 2.32. The Morgan fingerprint density at radius 3 is 2.38 bits per heavy atom. The Morgan fingerprint density at radius 2 is 1.79 bits per heavy atom. The fraction of sp³-hybridized carbons (Fsp3) is 0.579. The van der Waals surface area contributed by atoms with Crippen molar-refractivity contribution in [2.75, 3.05) is 63.9 Å². The summed E-state index contributed by atoms with van der Waals surface area (Å²) in [6.45, 7) is 9.08. The van der Waals surface area contributed by atoms with Crippen molar-refractivity contribution in [1.29, 1.82) is 0 Å². The number of nitrogens with zero attached hydrogens (tertiary/aromatic N) is 4. The molecule has 1 aromatic carbocycles. The molecule has 3 rings (SSSR count). The van der Waals surface area contributed by atoms with Gasteiger partial charge in [0, 0.05) is 51.9 Å². The lowest BCUT2D eigenvalue weighted by Gasteiger charge is -2.35. The molecule has 0 amide bonds. The maximum absolute atomic E-state index is 12.8. The van der Waals surface area contributed by atoms with Gasteiger partial charge in [-0.2, -0.15) is 4.31 Å². The third-order valence-electron chi connectivity index (χ3n) is 5.22. The molecular formula is C19H28N4O5S. The number of benzene rings is 1. The molecule has 0 saturated carbocycles. The number of anilines is 1. The Balaban J connectivity index is 1.79. The number of piperazine rings is 1. The summed E-state index contributed by atoms with van der Waals surface area (Å²) in [6, 6.07) is 4.23. The highest BCUT2D eigenvalue weighted by molar-refractivity contribution is 7.89. The Kier molecular flexibility index (Phi) is 6.89. The predicted molar refractivity (Wildman–Crippen MR) is 111 cm³/mol. The molecule has 0 aliphatic carbocycles. The van der Waals surface area contributed by atoms with Gasteiger partial charge in [-0.3, -0.25) is 15.0 Å². The van der Waals surface area contributed by atoms with E-state index in [0.29, 0.717) is 32.0 Å². The maximum Gasteiger partial charge on any atom is 0.293 e. The molecule has 29 heavy (non-hydrogen) atoms. The van der Waals surface area contributed by atoms with Crippen LogP contribution >= 0.6 is 0 Å². The van der Waals surface area contributed by atoms with Crippen LogP contribution in [-0.2, 0) is 14.8 Å². The largest absolute Gasteiger partial charge is 0.379 e.